The lowest BCUT2D eigenvalue weighted by Gasteiger charge is -2.23. The molecule has 0 aliphatic rings. The maximum atomic E-state index is 12.6. The molecule has 7 N–H and O–H groups in total. The Morgan fingerprint density at radius 3 is 2.00 bits per heavy atom. The molecule has 0 aliphatic heterocycles. The van der Waals surface area contributed by atoms with E-state index in [9.17, 15) is 19.2 Å². The van der Waals surface area contributed by atoms with Crippen LogP contribution in [0.5, 0.6) is 0 Å². The molecular weight excluding hydrogens is 534 g/mol. The van der Waals surface area contributed by atoms with Gasteiger partial charge in [-0.25, -0.2) is 14.4 Å². The molecule has 41 heavy (non-hydrogen) atoms. The van der Waals surface area contributed by atoms with E-state index in [1.807, 2.05) is 44.2 Å². The Morgan fingerprint density at radius 1 is 0.829 bits per heavy atom. The highest BCUT2D eigenvalue weighted by molar-refractivity contribution is 5.73. The first-order chi connectivity index (χ1) is 19.6. The number of amides is 4. The Hall–Kier alpha value is -3.58. The molecule has 0 bridgehead atoms. The molecule has 1 aromatic rings. The van der Waals surface area contributed by atoms with Crippen molar-refractivity contribution in [2.24, 2.45) is 11.7 Å². The first kappa shape index (κ1) is 35.4. The Kier molecular flexibility index (Phi) is 18.3. The van der Waals surface area contributed by atoms with Gasteiger partial charge in [0.25, 0.3) is 0 Å². The number of nitrogens with two attached hydrogens (primary N) is 1. The van der Waals surface area contributed by atoms with Crippen LogP contribution >= 0.6 is 0 Å². The molecule has 0 unspecified atom stereocenters. The molecule has 0 aromatic heterocycles. The van der Waals surface area contributed by atoms with E-state index in [-0.39, 0.29) is 50.8 Å². The van der Waals surface area contributed by atoms with Crippen LogP contribution in [-0.4, -0.2) is 86.9 Å². The minimum Gasteiger partial charge on any atom is -0.447 e. The summed E-state index contributed by atoms with van der Waals surface area (Å²) in [5, 5.41) is 19.4. The lowest BCUT2D eigenvalue weighted by Crippen LogP contribution is -2.45. The summed E-state index contributed by atoms with van der Waals surface area (Å²) in [6.07, 6.45) is 0.959. The number of carbonyl (C=O) groups excluding carboxylic acids is 4. The average molecular weight is 582 g/mol. The van der Waals surface area contributed by atoms with Crippen molar-refractivity contribution in [2.45, 2.75) is 71.0 Å². The van der Waals surface area contributed by atoms with Gasteiger partial charge < -0.3 is 46.3 Å². The number of hydrogen-bond acceptors (Lipinski definition) is 9. The number of unbranched alkanes of at least 4 members (excludes halogenated alkanes) is 1. The van der Waals surface area contributed by atoms with Crippen molar-refractivity contribution in [3.63, 3.8) is 0 Å². The van der Waals surface area contributed by atoms with Crippen LogP contribution < -0.4 is 27.0 Å². The summed E-state index contributed by atoms with van der Waals surface area (Å²) in [6, 6.07) is 7.94. The number of carbonyl (C=O) groups is 4. The SMILES string of the molecule is CC(=O)N[C@@H](CCCCN)COC(=O)N[C@H](COC(=O)N[C@H](COC(=O)NCCO)CC(C)C)Cc1ccccc1. The van der Waals surface area contributed by atoms with Crippen LogP contribution in [0.25, 0.3) is 0 Å². The van der Waals surface area contributed by atoms with Crippen molar-refractivity contribution >= 4 is 24.2 Å². The standard InChI is InChI=1S/C28H47N5O8/c1-20(2)15-24(18-39-26(36)30-13-14-34)32-27(37)41-19-25(16-22-9-5-4-6-10-22)33-28(38)40-17-23(31-21(3)35)11-7-8-12-29/h4-6,9-10,20,23-25,34H,7-8,11-19,29H2,1-3H3,(H,30,36)(H,31,35)(H,32,37)(H,33,38)/t23-,24-,25-/m0/s1. The number of nitrogens with one attached hydrogen (secondary N) is 4. The minimum atomic E-state index is -0.728. The lowest BCUT2D eigenvalue weighted by molar-refractivity contribution is -0.120. The van der Waals surface area contributed by atoms with E-state index in [0.29, 0.717) is 25.8 Å². The fourth-order valence-electron chi connectivity index (χ4n) is 3.96. The fraction of sp³-hybridized carbons (Fsp3) is 0.643. The zero-order valence-electron chi connectivity index (χ0n) is 24.4. The monoisotopic (exact) mass is 581 g/mol. The first-order valence-corrected chi connectivity index (χ1v) is 14.0. The highest BCUT2D eigenvalue weighted by Crippen LogP contribution is 2.08. The Balaban J connectivity index is 2.73. The van der Waals surface area contributed by atoms with Gasteiger partial charge in [-0.2, -0.15) is 0 Å². The molecule has 13 heteroatoms. The van der Waals surface area contributed by atoms with Crippen LogP contribution in [0.2, 0.25) is 0 Å². The Bertz CT molecular complexity index is 903. The summed E-state index contributed by atoms with van der Waals surface area (Å²) in [4.78, 5) is 48.5. The highest BCUT2D eigenvalue weighted by atomic mass is 16.6. The quantitative estimate of drug-likeness (QED) is 0.104. The summed E-state index contributed by atoms with van der Waals surface area (Å²) >= 11 is 0. The maximum Gasteiger partial charge on any atom is 0.407 e. The zero-order chi connectivity index (χ0) is 30.5. The van der Waals surface area contributed by atoms with Crippen LogP contribution in [0.4, 0.5) is 14.4 Å². The second kappa shape index (κ2) is 21.2. The van der Waals surface area contributed by atoms with Crippen LogP contribution in [0, 0.1) is 5.92 Å². The summed E-state index contributed by atoms with van der Waals surface area (Å²) in [7, 11) is 0. The van der Waals surface area contributed by atoms with E-state index < -0.39 is 30.4 Å². The fourth-order valence-corrected chi connectivity index (χ4v) is 3.96. The van der Waals surface area contributed by atoms with Gasteiger partial charge in [0.05, 0.1) is 24.7 Å². The minimum absolute atomic E-state index is 0.0157. The largest absolute Gasteiger partial charge is 0.447 e. The van der Waals surface area contributed by atoms with Gasteiger partial charge in [-0.3, -0.25) is 4.79 Å². The van der Waals surface area contributed by atoms with Gasteiger partial charge in [-0.1, -0.05) is 50.6 Å². The van der Waals surface area contributed by atoms with Gasteiger partial charge in [-0.15, -0.1) is 0 Å². The summed E-state index contributed by atoms with van der Waals surface area (Å²) in [6.45, 7) is 5.47. The molecule has 13 nitrogen and oxygen atoms in total. The number of ether oxygens (including phenoxy) is 3. The molecule has 3 atom stereocenters. The van der Waals surface area contributed by atoms with E-state index in [4.69, 9.17) is 25.1 Å². The summed E-state index contributed by atoms with van der Waals surface area (Å²) in [5.41, 5.74) is 6.46. The number of benzene rings is 1. The van der Waals surface area contributed by atoms with Gasteiger partial charge >= 0.3 is 18.3 Å². The van der Waals surface area contributed by atoms with Crippen molar-refractivity contribution < 1.29 is 38.5 Å². The van der Waals surface area contributed by atoms with Crippen molar-refractivity contribution in [3.8, 4) is 0 Å². The molecule has 0 aliphatic carbocycles. The first-order valence-electron chi connectivity index (χ1n) is 14.0. The number of alkyl carbamates (subject to hydrolysis) is 3. The molecule has 232 valence electrons. The van der Waals surface area contributed by atoms with Gasteiger partial charge in [0.2, 0.25) is 5.91 Å². The van der Waals surface area contributed by atoms with Gasteiger partial charge in [0.1, 0.15) is 19.8 Å². The zero-order valence-corrected chi connectivity index (χ0v) is 24.4. The van der Waals surface area contributed by atoms with Gasteiger partial charge in [0.15, 0.2) is 0 Å². The van der Waals surface area contributed by atoms with Crippen molar-refractivity contribution in [3.05, 3.63) is 35.9 Å². The molecule has 0 spiro atoms. The van der Waals surface area contributed by atoms with E-state index >= 15 is 0 Å². The second-order valence-corrected chi connectivity index (χ2v) is 10.1. The van der Waals surface area contributed by atoms with Crippen LogP contribution in [-0.2, 0) is 25.4 Å². The molecule has 0 saturated carbocycles. The molecule has 0 radical (unpaired) electrons. The van der Waals surface area contributed by atoms with Gasteiger partial charge in [-0.05, 0) is 43.7 Å². The van der Waals surface area contributed by atoms with Crippen LogP contribution in [0.15, 0.2) is 30.3 Å². The Morgan fingerprint density at radius 2 is 1.41 bits per heavy atom. The van der Waals surface area contributed by atoms with Gasteiger partial charge in [0, 0.05) is 13.5 Å². The van der Waals surface area contributed by atoms with E-state index in [1.165, 1.54) is 6.92 Å². The molecular formula is C28H47N5O8. The van der Waals surface area contributed by atoms with E-state index in [0.717, 1.165) is 18.4 Å². The molecule has 0 heterocycles. The van der Waals surface area contributed by atoms with E-state index in [2.05, 4.69) is 21.3 Å². The molecule has 1 aromatic carbocycles. The molecule has 4 amide bonds. The Labute approximate surface area is 242 Å². The second-order valence-electron chi connectivity index (χ2n) is 10.1. The summed E-state index contributed by atoms with van der Waals surface area (Å²) < 4.78 is 15.9. The predicted octanol–water partition coefficient (Wildman–Crippen LogP) is 1.82. The van der Waals surface area contributed by atoms with Crippen molar-refractivity contribution in [1.29, 1.82) is 0 Å². The molecule has 1 rings (SSSR count). The van der Waals surface area contributed by atoms with E-state index in [1.54, 1.807) is 0 Å². The number of aliphatic hydroxyl groups excluding tert-OH is 1. The maximum absolute atomic E-state index is 12.6. The smallest absolute Gasteiger partial charge is 0.407 e. The highest BCUT2D eigenvalue weighted by Gasteiger charge is 2.21. The number of hydrogen-bond donors (Lipinski definition) is 6. The normalized spacial score (nSPS) is 12.9. The number of rotatable bonds is 19. The predicted molar refractivity (Wildman–Crippen MR) is 153 cm³/mol. The third-order valence-electron chi connectivity index (χ3n) is 5.77. The van der Waals surface area contributed by atoms with Crippen molar-refractivity contribution in [1.82, 2.24) is 21.3 Å². The summed E-state index contributed by atoms with van der Waals surface area (Å²) in [5.74, 6) is -0.0247. The van der Waals surface area contributed by atoms with Crippen LogP contribution in [0.3, 0.4) is 0 Å². The van der Waals surface area contributed by atoms with Crippen LogP contribution in [0.1, 0.15) is 52.0 Å². The third kappa shape index (κ3) is 18.4. The average Bonchev–Trinajstić information content (AvgIpc) is 2.92. The third-order valence-corrected chi connectivity index (χ3v) is 5.77. The lowest BCUT2D eigenvalue weighted by atomic mass is 10.0. The molecule has 0 saturated heterocycles. The molecule has 0 fully saturated rings. The van der Waals surface area contributed by atoms with Crippen molar-refractivity contribution in [2.75, 3.05) is 39.5 Å². The topological polar surface area (TPSA) is 190 Å². The number of aliphatic hydroxyl groups is 1.